The zero-order valence-corrected chi connectivity index (χ0v) is 8.96. The van der Waals surface area contributed by atoms with Gasteiger partial charge in [0.25, 0.3) is 0 Å². The number of hydrogen-bond acceptors (Lipinski definition) is 1. The predicted molar refractivity (Wildman–Crippen MR) is 55.7 cm³/mol. The van der Waals surface area contributed by atoms with E-state index in [1.54, 1.807) is 0 Å². The number of allylic oxidation sites excluding steroid dienone is 1. The van der Waals surface area contributed by atoms with Crippen LogP contribution < -0.4 is 0 Å². The zero-order valence-electron chi connectivity index (χ0n) is 8.96. The largest absolute Gasteiger partial charge is 0.268 e. The molecule has 0 aliphatic heterocycles. The Morgan fingerprint density at radius 3 is 2.54 bits per heavy atom. The van der Waals surface area contributed by atoms with E-state index >= 15 is 0 Å². The third-order valence-corrected chi connectivity index (χ3v) is 1.84. The van der Waals surface area contributed by atoms with Crippen molar-refractivity contribution in [1.29, 1.82) is 0 Å². The SMILES string of the molecule is C=C(C)Cn1ccc(C(C)(C)C)n1. The van der Waals surface area contributed by atoms with Crippen LogP contribution in [0.15, 0.2) is 24.4 Å². The molecule has 0 aliphatic rings. The number of rotatable bonds is 2. The summed E-state index contributed by atoms with van der Waals surface area (Å²) in [6, 6.07) is 2.07. The molecule has 0 radical (unpaired) electrons. The summed E-state index contributed by atoms with van der Waals surface area (Å²) in [5.74, 6) is 0. The van der Waals surface area contributed by atoms with E-state index in [0.717, 1.165) is 17.8 Å². The van der Waals surface area contributed by atoms with Crippen molar-refractivity contribution in [3.8, 4) is 0 Å². The fourth-order valence-corrected chi connectivity index (χ4v) is 1.13. The Kier molecular flexibility index (Phi) is 2.60. The van der Waals surface area contributed by atoms with E-state index in [9.17, 15) is 0 Å². The monoisotopic (exact) mass is 178 g/mol. The van der Waals surface area contributed by atoms with Gasteiger partial charge in [0.15, 0.2) is 0 Å². The van der Waals surface area contributed by atoms with Gasteiger partial charge in [-0.05, 0) is 13.0 Å². The van der Waals surface area contributed by atoms with Crippen molar-refractivity contribution in [2.45, 2.75) is 39.7 Å². The number of aromatic nitrogens is 2. The van der Waals surface area contributed by atoms with Gasteiger partial charge in [0, 0.05) is 11.6 Å². The maximum absolute atomic E-state index is 4.48. The molecule has 0 fully saturated rings. The highest BCUT2D eigenvalue weighted by molar-refractivity contribution is 5.10. The molecule has 2 nitrogen and oxygen atoms in total. The third kappa shape index (κ3) is 2.72. The lowest BCUT2D eigenvalue weighted by Gasteiger charge is -2.14. The molecule has 2 heteroatoms. The summed E-state index contributed by atoms with van der Waals surface area (Å²) < 4.78 is 1.93. The summed E-state index contributed by atoms with van der Waals surface area (Å²) in [4.78, 5) is 0. The van der Waals surface area contributed by atoms with Gasteiger partial charge in [0.1, 0.15) is 0 Å². The van der Waals surface area contributed by atoms with E-state index < -0.39 is 0 Å². The second kappa shape index (κ2) is 3.36. The zero-order chi connectivity index (χ0) is 10.1. The highest BCUT2D eigenvalue weighted by Gasteiger charge is 2.16. The van der Waals surface area contributed by atoms with Crippen LogP contribution in [0.3, 0.4) is 0 Å². The lowest BCUT2D eigenvalue weighted by atomic mass is 9.93. The predicted octanol–water partition coefficient (Wildman–Crippen LogP) is 2.76. The van der Waals surface area contributed by atoms with Gasteiger partial charge in [-0.2, -0.15) is 5.10 Å². The first-order chi connectivity index (χ1) is 5.89. The fourth-order valence-electron chi connectivity index (χ4n) is 1.13. The van der Waals surface area contributed by atoms with Gasteiger partial charge in [0.05, 0.1) is 12.2 Å². The topological polar surface area (TPSA) is 17.8 Å². The Hall–Kier alpha value is -1.05. The van der Waals surface area contributed by atoms with Crippen LogP contribution in [-0.2, 0) is 12.0 Å². The molecule has 0 aliphatic carbocycles. The molecule has 1 heterocycles. The van der Waals surface area contributed by atoms with Crippen LogP contribution in [0.4, 0.5) is 0 Å². The molecule has 0 aromatic carbocycles. The molecular formula is C11H18N2. The van der Waals surface area contributed by atoms with Crippen molar-refractivity contribution in [3.05, 3.63) is 30.1 Å². The average Bonchev–Trinajstić information content (AvgIpc) is 2.32. The van der Waals surface area contributed by atoms with Gasteiger partial charge in [-0.25, -0.2) is 0 Å². The molecular weight excluding hydrogens is 160 g/mol. The number of nitrogens with zero attached hydrogens (tertiary/aromatic N) is 2. The van der Waals surface area contributed by atoms with Gasteiger partial charge in [-0.3, -0.25) is 4.68 Å². The van der Waals surface area contributed by atoms with Crippen LogP contribution in [-0.4, -0.2) is 9.78 Å². The standard InChI is InChI=1S/C11H18N2/c1-9(2)8-13-7-6-10(12-13)11(3,4)5/h6-7H,1,8H2,2-5H3. The average molecular weight is 178 g/mol. The van der Waals surface area contributed by atoms with Crippen molar-refractivity contribution in [1.82, 2.24) is 9.78 Å². The van der Waals surface area contributed by atoms with E-state index in [4.69, 9.17) is 0 Å². The van der Waals surface area contributed by atoms with Crippen molar-refractivity contribution in [2.24, 2.45) is 0 Å². The van der Waals surface area contributed by atoms with E-state index in [1.807, 2.05) is 17.8 Å². The molecule has 0 saturated carbocycles. The van der Waals surface area contributed by atoms with Crippen molar-refractivity contribution < 1.29 is 0 Å². The summed E-state index contributed by atoms with van der Waals surface area (Å²) in [5.41, 5.74) is 2.40. The minimum absolute atomic E-state index is 0.139. The van der Waals surface area contributed by atoms with Crippen LogP contribution in [0.1, 0.15) is 33.4 Å². The van der Waals surface area contributed by atoms with Crippen molar-refractivity contribution >= 4 is 0 Å². The Bertz CT molecular complexity index is 302. The van der Waals surface area contributed by atoms with Crippen molar-refractivity contribution in [3.63, 3.8) is 0 Å². The van der Waals surface area contributed by atoms with Crippen LogP contribution in [0.2, 0.25) is 0 Å². The van der Waals surface area contributed by atoms with E-state index in [0.29, 0.717) is 0 Å². The first kappa shape index (κ1) is 10.0. The smallest absolute Gasteiger partial charge is 0.0678 e. The Morgan fingerprint density at radius 1 is 1.54 bits per heavy atom. The Labute approximate surface area is 80.3 Å². The second-order valence-electron chi connectivity index (χ2n) is 4.61. The highest BCUT2D eigenvalue weighted by Crippen LogP contribution is 2.19. The normalized spacial score (nSPS) is 11.7. The summed E-state index contributed by atoms with van der Waals surface area (Å²) in [6.45, 7) is 13.2. The summed E-state index contributed by atoms with van der Waals surface area (Å²) >= 11 is 0. The van der Waals surface area contributed by atoms with Crippen LogP contribution in [0.5, 0.6) is 0 Å². The van der Waals surface area contributed by atoms with Gasteiger partial charge in [-0.15, -0.1) is 0 Å². The maximum Gasteiger partial charge on any atom is 0.0678 e. The van der Waals surface area contributed by atoms with E-state index in [-0.39, 0.29) is 5.41 Å². The van der Waals surface area contributed by atoms with Crippen molar-refractivity contribution in [2.75, 3.05) is 0 Å². The summed E-state index contributed by atoms with van der Waals surface area (Å²) in [7, 11) is 0. The molecule has 0 unspecified atom stereocenters. The number of hydrogen-bond donors (Lipinski definition) is 0. The van der Waals surface area contributed by atoms with Gasteiger partial charge in [0.2, 0.25) is 0 Å². The van der Waals surface area contributed by atoms with Gasteiger partial charge >= 0.3 is 0 Å². The summed E-state index contributed by atoms with van der Waals surface area (Å²) in [6.07, 6.45) is 2.01. The first-order valence-corrected chi connectivity index (χ1v) is 4.58. The Morgan fingerprint density at radius 2 is 2.15 bits per heavy atom. The third-order valence-electron chi connectivity index (χ3n) is 1.84. The lowest BCUT2D eigenvalue weighted by molar-refractivity contribution is 0.544. The molecule has 0 amide bonds. The molecule has 72 valence electrons. The maximum atomic E-state index is 4.48. The molecule has 0 saturated heterocycles. The molecule has 1 aromatic heterocycles. The lowest BCUT2D eigenvalue weighted by Crippen LogP contribution is -2.13. The summed E-state index contributed by atoms with van der Waals surface area (Å²) in [5, 5.41) is 4.48. The first-order valence-electron chi connectivity index (χ1n) is 4.58. The minimum Gasteiger partial charge on any atom is -0.268 e. The van der Waals surface area contributed by atoms with Crippen LogP contribution >= 0.6 is 0 Å². The minimum atomic E-state index is 0.139. The molecule has 0 atom stereocenters. The fraction of sp³-hybridized carbons (Fsp3) is 0.545. The molecule has 0 bridgehead atoms. The van der Waals surface area contributed by atoms with Crippen LogP contribution in [0, 0.1) is 0 Å². The van der Waals surface area contributed by atoms with Crippen LogP contribution in [0.25, 0.3) is 0 Å². The van der Waals surface area contributed by atoms with Gasteiger partial charge in [-0.1, -0.05) is 32.9 Å². The molecule has 0 spiro atoms. The molecule has 0 N–H and O–H groups in total. The molecule has 13 heavy (non-hydrogen) atoms. The highest BCUT2D eigenvalue weighted by atomic mass is 15.3. The Balaban J connectivity index is 2.81. The van der Waals surface area contributed by atoms with E-state index in [1.165, 1.54) is 0 Å². The van der Waals surface area contributed by atoms with E-state index in [2.05, 4.69) is 38.5 Å². The second-order valence-corrected chi connectivity index (χ2v) is 4.61. The molecule has 1 rings (SSSR count). The molecule has 1 aromatic rings. The van der Waals surface area contributed by atoms with Gasteiger partial charge < -0.3 is 0 Å². The quantitative estimate of drug-likeness (QED) is 0.637.